The Morgan fingerprint density at radius 2 is 1.75 bits per heavy atom. The van der Waals surface area contributed by atoms with Gasteiger partial charge >= 0.3 is 0 Å². The van der Waals surface area contributed by atoms with E-state index in [1.165, 1.54) is 58.2 Å². The predicted molar refractivity (Wildman–Crippen MR) is 96.1 cm³/mol. The third-order valence-electron chi connectivity index (χ3n) is 5.74. The van der Waals surface area contributed by atoms with Crippen LogP contribution in [-0.4, -0.2) is 74.2 Å². The molecule has 0 bridgehead atoms. The van der Waals surface area contributed by atoms with Crippen LogP contribution in [0.5, 0.6) is 0 Å². The van der Waals surface area contributed by atoms with Gasteiger partial charge in [-0.25, -0.2) is 0 Å². The van der Waals surface area contributed by atoms with E-state index in [0.29, 0.717) is 13.1 Å². The van der Waals surface area contributed by atoms with Gasteiger partial charge in [0, 0.05) is 26.2 Å². The van der Waals surface area contributed by atoms with Crippen LogP contribution in [0.2, 0.25) is 0 Å². The van der Waals surface area contributed by atoms with Crippen molar-refractivity contribution in [3.8, 4) is 0 Å². The van der Waals surface area contributed by atoms with Crippen molar-refractivity contribution >= 4 is 5.91 Å². The van der Waals surface area contributed by atoms with E-state index >= 15 is 0 Å². The molecular formula is C19H35N3O2. The molecule has 3 rings (SSSR count). The predicted octanol–water partition coefficient (Wildman–Crippen LogP) is 1.87. The summed E-state index contributed by atoms with van der Waals surface area (Å²) < 4.78 is 5.57. The van der Waals surface area contributed by atoms with Gasteiger partial charge in [0.2, 0.25) is 5.91 Å². The molecule has 1 N–H and O–H groups in total. The van der Waals surface area contributed by atoms with Gasteiger partial charge in [0.05, 0.1) is 12.6 Å². The number of carbonyl (C=O) groups is 1. The molecule has 3 saturated heterocycles. The highest BCUT2D eigenvalue weighted by Gasteiger charge is 2.24. The Balaban J connectivity index is 1.35. The molecule has 1 amide bonds. The summed E-state index contributed by atoms with van der Waals surface area (Å²) in [6, 6.07) is 0. The molecule has 0 aromatic carbocycles. The van der Waals surface area contributed by atoms with Crippen LogP contribution in [0, 0.1) is 5.92 Å². The first-order valence-corrected chi connectivity index (χ1v) is 10.1. The minimum absolute atomic E-state index is 0.168. The van der Waals surface area contributed by atoms with Crippen LogP contribution in [0.1, 0.15) is 51.4 Å². The molecule has 3 heterocycles. The van der Waals surface area contributed by atoms with Crippen LogP contribution < -0.4 is 5.32 Å². The zero-order valence-electron chi connectivity index (χ0n) is 15.2. The molecule has 0 aromatic heterocycles. The average Bonchev–Trinajstić information content (AvgIpc) is 2.97. The number of nitrogens with zero attached hydrogens (tertiary/aromatic N) is 2. The van der Waals surface area contributed by atoms with Crippen molar-refractivity contribution in [1.82, 2.24) is 15.1 Å². The standard InChI is InChI=1S/C19H35N3O2/c23-19(20-13-18-8-6-12-24-18)16-22-11-5-7-17(15-22)14-21-9-3-1-2-4-10-21/h17-18H,1-16H2,(H,20,23)/t17-,18+/m1/s1. The molecule has 3 aliphatic heterocycles. The van der Waals surface area contributed by atoms with Gasteiger partial charge in [0.25, 0.3) is 0 Å². The van der Waals surface area contributed by atoms with Crippen LogP contribution in [0.25, 0.3) is 0 Å². The number of amides is 1. The Hall–Kier alpha value is -0.650. The number of hydrogen-bond acceptors (Lipinski definition) is 4. The zero-order chi connectivity index (χ0) is 16.6. The van der Waals surface area contributed by atoms with Gasteiger partial charge in [-0.1, -0.05) is 12.8 Å². The summed E-state index contributed by atoms with van der Waals surface area (Å²) in [6.45, 7) is 8.04. The molecule has 0 aliphatic carbocycles. The van der Waals surface area contributed by atoms with E-state index < -0.39 is 0 Å². The third-order valence-corrected chi connectivity index (χ3v) is 5.74. The van der Waals surface area contributed by atoms with E-state index in [2.05, 4.69) is 15.1 Å². The van der Waals surface area contributed by atoms with Crippen molar-refractivity contribution in [2.75, 3.05) is 52.4 Å². The second kappa shape index (κ2) is 9.73. The molecule has 24 heavy (non-hydrogen) atoms. The van der Waals surface area contributed by atoms with Gasteiger partial charge in [-0.05, 0) is 64.1 Å². The average molecular weight is 338 g/mol. The molecule has 0 unspecified atom stereocenters. The van der Waals surface area contributed by atoms with Gasteiger partial charge in [-0.2, -0.15) is 0 Å². The molecule has 0 spiro atoms. The van der Waals surface area contributed by atoms with Crippen LogP contribution in [0.15, 0.2) is 0 Å². The summed E-state index contributed by atoms with van der Waals surface area (Å²) in [4.78, 5) is 17.2. The molecule has 2 atom stereocenters. The maximum Gasteiger partial charge on any atom is 0.234 e. The minimum Gasteiger partial charge on any atom is -0.376 e. The molecule has 5 heteroatoms. The van der Waals surface area contributed by atoms with Crippen LogP contribution in [0.4, 0.5) is 0 Å². The lowest BCUT2D eigenvalue weighted by atomic mass is 9.97. The lowest BCUT2D eigenvalue weighted by molar-refractivity contribution is -0.123. The lowest BCUT2D eigenvalue weighted by Gasteiger charge is -2.35. The fourth-order valence-electron chi connectivity index (χ4n) is 4.42. The molecule has 0 radical (unpaired) electrons. The largest absolute Gasteiger partial charge is 0.376 e. The molecule has 3 fully saturated rings. The van der Waals surface area contributed by atoms with E-state index in [1.54, 1.807) is 0 Å². The fourth-order valence-corrected chi connectivity index (χ4v) is 4.42. The first-order valence-electron chi connectivity index (χ1n) is 10.1. The monoisotopic (exact) mass is 337 g/mol. The maximum absolute atomic E-state index is 12.2. The first kappa shape index (κ1) is 18.2. The zero-order valence-corrected chi connectivity index (χ0v) is 15.2. The van der Waals surface area contributed by atoms with Crippen molar-refractivity contribution in [2.24, 2.45) is 5.92 Å². The molecule has 0 saturated carbocycles. The van der Waals surface area contributed by atoms with Crippen LogP contribution >= 0.6 is 0 Å². The van der Waals surface area contributed by atoms with Crippen molar-refractivity contribution in [1.29, 1.82) is 0 Å². The summed E-state index contributed by atoms with van der Waals surface area (Å²) in [5.74, 6) is 0.906. The Kier molecular flexibility index (Phi) is 7.36. The van der Waals surface area contributed by atoms with Crippen molar-refractivity contribution in [2.45, 2.75) is 57.5 Å². The van der Waals surface area contributed by atoms with Gasteiger partial charge in [-0.3, -0.25) is 9.69 Å². The van der Waals surface area contributed by atoms with E-state index in [-0.39, 0.29) is 12.0 Å². The van der Waals surface area contributed by atoms with E-state index in [9.17, 15) is 4.79 Å². The Labute approximate surface area is 147 Å². The third kappa shape index (κ3) is 6.01. The highest BCUT2D eigenvalue weighted by Crippen LogP contribution is 2.19. The smallest absolute Gasteiger partial charge is 0.234 e. The molecule has 138 valence electrons. The number of carbonyl (C=O) groups excluding carboxylic acids is 1. The summed E-state index contributed by atoms with van der Waals surface area (Å²) in [6.07, 6.45) is 10.5. The van der Waals surface area contributed by atoms with Crippen molar-refractivity contribution in [3.05, 3.63) is 0 Å². The summed E-state index contributed by atoms with van der Waals surface area (Å²) in [5, 5.41) is 3.06. The highest BCUT2D eigenvalue weighted by molar-refractivity contribution is 5.78. The lowest BCUT2D eigenvalue weighted by Crippen LogP contribution is -2.46. The second-order valence-electron chi connectivity index (χ2n) is 7.90. The topological polar surface area (TPSA) is 44.8 Å². The van der Waals surface area contributed by atoms with Gasteiger partial charge in [0.1, 0.15) is 0 Å². The van der Waals surface area contributed by atoms with Crippen LogP contribution in [-0.2, 0) is 9.53 Å². The Morgan fingerprint density at radius 1 is 0.958 bits per heavy atom. The maximum atomic E-state index is 12.2. The molecule has 3 aliphatic rings. The molecule has 5 nitrogen and oxygen atoms in total. The van der Waals surface area contributed by atoms with Crippen molar-refractivity contribution < 1.29 is 9.53 Å². The second-order valence-corrected chi connectivity index (χ2v) is 7.90. The van der Waals surface area contributed by atoms with E-state index in [0.717, 1.165) is 38.5 Å². The van der Waals surface area contributed by atoms with E-state index in [4.69, 9.17) is 4.74 Å². The van der Waals surface area contributed by atoms with E-state index in [1.807, 2.05) is 0 Å². The molecular weight excluding hydrogens is 302 g/mol. The number of nitrogens with one attached hydrogen (secondary N) is 1. The quantitative estimate of drug-likeness (QED) is 0.804. The molecule has 0 aromatic rings. The number of rotatable bonds is 6. The SMILES string of the molecule is O=C(CN1CCC[C@H](CN2CCCCCC2)C1)NC[C@@H]1CCCO1. The minimum atomic E-state index is 0.168. The number of ether oxygens (including phenoxy) is 1. The van der Waals surface area contributed by atoms with Gasteiger partial charge < -0.3 is 15.0 Å². The summed E-state index contributed by atoms with van der Waals surface area (Å²) in [7, 11) is 0. The summed E-state index contributed by atoms with van der Waals surface area (Å²) in [5.41, 5.74) is 0. The first-order chi connectivity index (χ1) is 11.8. The van der Waals surface area contributed by atoms with Gasteiger partial charge in [-0.15, -0.1) is 0 Å². The van der Waals surface area contributed by atoms with Crippen molar-refractivity contribution in [3.63, 3.8) is 0 Å². The summed E-state index contributed by atoms with van der Waals surface area (Å²) >= 11 is 0. The normalized spacial score (nSPS) is 30.2. The van der Waals surface area contributed by atoms with Gasteiger partial charge in [0.15, 0.2) is 0 Å². The van der Waals surface area contributed by atoms with Crippen LogP contribution in [0.3, 0.4) is 0 Å². The highest BCUT2D eigenvalue weighted by atomic mass is 16.5. The number of piperidine rings is 1. The number of likely N-dealkylation sites (tertiary alicyclic amines) is 2. The Bertz CT molecular complexity index is 377. The number of hydrogen-bond donors (Lipinski definition) is 1. The Morgan fingerprint density at radius 3 is 2.50 bits per heavy atom. The fraction of sp³-hybridized carbons (Fsp3) is 0.947.